The monoisotopic (exact) mass is 737 g/mol. The molecule has 0 unspecified atom stereocenters. The van der Waals surface area contributed by atoms with E-state index in [0.717, 1.165) is 33.6 Å². The Hall–Kier alpha value is -6.85. The van der Waals surface area contributed by atoms with Gasteiger partial charge in [0.2, 0.25) is 0 Å². The second kappa shape index (κ2) is 13.1. The Morgan fingerprint density at radius 2 is 0.719 bits per heavy atom. The van der Waals surface area contributed by atoms with Crippen LogP contribution < -0.4 is 0 Å². The fraction of sp³-hybridized carbons (Fsp3) is 0.135. The standard InChI is InChI=1S/C52H43N5/c1-30-9-8-10-37(23-30)38-15-21-50(56-46-17-11-31(2)24-40(46)41-25-32(3)12-18-47(41)56)44(28-38)45-29-39(52-54-35(6)53-36(7)55-52)16-22-51(45)57-48-19-13-33(4)26-42(48)43-27-34(5)14-20-49(43)57/h8-29H,1-7H3. The van der Waals surface area contributed by atoms with E-state index in [-0.39, 0.29) is 0 Å². The summed E-state index contributed by atoms with van der Waals surface area (Å²) < 4.78 is 4.92. The zero-order valence-corrected chi connectivity index (χ0v) is 33.4. The first kappa shape index (κ1) is 34.6. The summed E-state index contributed by atoms with van der Waals surface area (Å²) in [6, 6.07) is 49.8. The molecule has 57 heavy (non-hydrogen) atoms. The number of aryl methyl sites for hydroxylation is 7. The topological polar surface area (TPSA) is 48.5 Å². The average Bonchev–Trinajstić information content (AvgIpc) is 3.67. The zero-order valence-electron chi connectivity index (χ0n) is 33.4. The molecule has 276 valence electrons. The normalized spacial score (nSPS) is 11.8. The average molecular weight is 738 g/mol. The van der Waals surface area contributed by atoms with E-state index in [2.05, 4.69) is 182 Å². The van der Waals surface area contributed by atoms with Crippen molar-refractivity contribution in [2.24, 2.45) is 0 Å². The molecule has 0 aliphatic carbocycles. The van der Waals surface area contributed by atoms with Gasteiger partial charge in [0.25, 0.3) is 0 Å². The van der Waals surface area contributed by atoms with E-state index in [9.17, 15) is 0 Å². The first-order chi connectivity index (χ1) is 27.6. The van der Waals surface area contributed by atoms with Gasteiger partial charge in [-0.2, -0.15) is 0 Å². The highest BCUT2D eigenvalue weighted by Gasteiger charge is 2.23. The summed E-state index contributed by atoms with van der Waals surface area (Å²) in [6.45, 7) is 14.7. The van der Waals surface area contributed by atoms with E-state index in [1.807, 2.05) is 13.8 Å². The van der Waals surface area contributed by atoms with Crippen LogP contribution in [-0.4, -0.2) is 24.1 Å². The summed E-state index contributed by atoms with van der Waals surface area (Å²) in [5.41, 5.74) is 18.5. The molecule has 5 nitrogen and oxygen atoms in total. The summed E-state index contributed by atoms with van der Waals surface area (Å²) in [6.07, 6.45) is 0. The molecule has 0 aliphatic heterocycles. The second-order valence-corrected chi connectivity index (χ2v) is 15.8. The van der Waals surface area contributed by atoms with E-state index < -0.39 is 0 Å². The molecular formula is C52H43N5. The van der Waals surface area contributed by atoms with Gasteiger partial charge in [0.15, 0.2) is 5.82 Å². The van der Waals surface area contributed by atoms with Crippen molar-refractivity contribution >= 4 is 43.6 Å². The van der Waals surface area contributed by atoms with Gasteiger partial charge in [-0.3, -0.25) is 0 Å². The number of rotatable bonds is 5. The third-order valence-corrected chi connectivity index (χ3v) is 11.4. The Morgan fingerprint density at radius 3 is 1.16 bits per heavy atom. The molecule has 3 heterocycles. The maximum absolute atomic E-state index is 4.86. The molecule has 5 heteroatoms. The van der Waals surface area contributed by atoms with E-state index >= 15 is 0 Å². The Kier molecular flexibility index (Phi) is 7.98. The van der Waals surface area contributed by atoms with Crippen molar-refractivity contribution in [1.82, 2.24) is 24.1 Å². The van der Waals surface area contributed by atoms with E-state index in [4.69, 9.17) is 9.97 Å². The summed E-state index contributed by atoms with van der Waals surface area (Å²) in [5.74, 6) is 2.07. The molecule has 0 saturated carbocycles. The van der Waals surface area contributed by atoms with Crippen LogP contribution in [0.3, 0.4) is 0 Å². The van der Waals surface area contributed by atoms with Gasteiger partial charge >= 0.3 is 0 Å². The van der Waals surface area contributed by atoms with Crippen LogP contribution in [0.4, 0.5) is 0 Å². The van der Waals surface area contributed by atoms with Crippen LogP contribution in [0.25, 0.3) is 88.6 Å². The summed E-state index contributed by atoms with van der Waals surface area (Å²) in [4.78, 5) is 14.2. The van der Waals surface area contributed by atoms with Gasteiger partial charge in [0.1, 0.15) is 11.6 Å². The smallest absolute Gasteiger partial charge is 0.163 e. The molecule has 7 aromatic carbocycles. The molecule has 0 atom stereocenters. The largest absolute Gasteiger partial charge is 0.309 e. The van der Waals surface area contributed by atoms with E-state index in [1.54, 1.807) is 0 Å². The van der Waals surface area contributed by atoms with E-state index in [0.29, 0.717) is 17.5 Å². The van der Waals surface area contributed by atoms with Crippen molar-refractivity contribution in [2.75, 3.05) is 0 Å². The summed E-state index contributed by atoms with van der Waals surface area (Å²) in [5, 5.41) is 4.99. The molecule has 0 amide bonds. The molecule has 0 spiro atoms. The predicted octanol–water partition coefficient (Wildman–Crippen LogP) is 13.2. The molecule has 0 aliphatic rings. The highest BCUT2D eigenvalue weighted by molar-refractivity contribution is 6.12. The predicted molar refractivity (Wildman–Crippen MR) is 238 cm³/mol. The minimum atomic E-state index is 0.667. The minimum Gasteiger partial charge on any atom is -0.309 e. The minimum absolute atomic E-state index is 0.667. The van der Waals surface area contributed by atoms with Crippen molar-refractivity contribution < 1.29 is 0 Å². The van der Waals surface area contributed by atoms with Gasteiger partial charge in [0, 0.05) is 38.2 Å². The van der Waals surface area contributed by atoms with Crippen LogP contribution in [0.1, 0.15) is 39.5 Å². The number of hydrogen-bond donors (Lipinski definition) is 0. The lowest BCUT2D eigenvalue weighted by molar-refractivity contribution is 0.928. The van der Waals surface area contributed by atoms with Gasteiger partial charge < -0.3 is 9.13 Å². The Bertz CT molecular complexity index is 3130. The van der Waals surface area contributed by atoms with Crippen molar-refractivity contribution in [2.45, 2.75) is 48.5 Å². The quantitative estimate of drug-likeness (QED) is 0.177. The summed E-state index contributed by atoms with van der Waals surface area (Å²) in [7, 11) is 0. The molecule has 10 aromatic rings. The van der Waals surface area contributed by atoms with Gasteiger partial charge in [-0.25, -0.2) is 15.0 Å². The molecule has 0 radical (unpaired) electrons. The lowest BCUT2D eigenvalue weighted by Crippen LogP contribution is -2.04. The van der Waals surface area contributed by atoms with Crippen LogP contribution in [-0.2, 0) is 0 Å². The number of nitrogens with zero attached hydrogens (tertiary/aromatic N) is 5. The van der Waals surface area contributed by atoms with Crippen molar-refractivity contribution in [3.05, 3.63) is 173 Å². The lowest BCUT2D eigenvalue weighted by atomic mass is 9.94. The Balaban J connectivity index is 1.37. The highest BCUT2D eigenvalue weighted by Crippen LogP contribution is 2.44. The maximum Gasteiger partial charge on any atom is 0.163 e. The molecule has 0 fully saturated rings. The van der Waals surface area contributed by atoms with Crippen LogP contribution >= 0.6 is 0 Å². The van der Waals surface area contributed by atoms with Gasteiger partial charge in [0.05, 0.1) is 33.4 Å². The Labute approximate surface area is 332 Å². The number of hydrogen-bond acceptors (Lipinski definition) is 3. The van der Waals surface area contributed by atoms with Gasteiger partial charge in [-0.1, -0.05) is 82.4 Å². The van der Waals surface area contributed by atoms with Gasteiger partial charge in [-0.15, -0.1) is 0 Å². The van der Waals surface area contributed by atoms with Gasteiger partial charge in [-0.05, 0) is 138 Å². The lowest BCUT2D eigenvalue weighted by Gasteiger charge is -2.21. The molecule has 10 rings (SSSR count). The number of fused-ring (bicyclic) bond motifs is 6. The molecule has 0 saturated heterocycles. The number of benzene rings is 7. The molecule has 0 N–H and O–H groups in total. The molecule has 3 aromatic heterocycles. The summed E-state index contributed by atoms with van der Waals surface area (Å²) >= 11 is 0. The fourth-order valence-electron chi connectivity index (χ4n) is 8.80. The van der Waals surface area contributed by atoms with Crippen LogP contribution in [0.15, 0.2) is 133 Å². The SMILES string of the molecule is Cc1cccc(-c2ccc(-n3c4ccc(C)cc4c4cc(C)ccc43)c(-c3cc(-c4nc(C)nc(C)n4)ccc3-n3c4ccc(C)cc4c4cc(C)ccc43)c2)c1. The Morgan fingerprint density at radius 1 is 0.333 bits per heavy atom. The maximum atomic E-state index is 4.86. The fourth-order valence-corrected chi connectivity index (χ4v) is 8.80. The van der Waals surface area contributed by atoms with Crippen LogP contribution in [0, 0.1) is 48.5 Å². The van der Waals surface area contributed by atoms with Crippen LogP contribution in [0.2, 0.25) is 0 Å². The molecule has 0 bridgehead atoms. The van der Waals surface area contributed by atoms with Crippen molar-refractivity contribution in [3.63, 3.8) is 0 Å². The first-order valence-corrected chi connectivity index (χ1v) is 19.7. The van der Waals surface area contributed by atoms with E-state index in [1.165, 1.54) is 77.0 Å². The highest BCUT2D eigenvalue weighted by atomic mass is 15.0. The first-order valence-electron chi connectivity index (χ1n) is 19.7. The third kappa shape index (κ3) is 5.81. The zero-order chi connectivity index (χ0) is 39.1. The van der Waals surface area contributed by atoms with Crippen molar-refractivity contribution in [3.8, 4) is 45.0 Å². The second-order valence-electron chi connectivity index (χ2n) is 15.8. The third-order valence-electron chi connectivity index (χ3n) is 11.4. The van der Waals surface area contributed by atoms with Crippen LogP contribution in [0.5, 0.6) is 0 Å². The molecular weight excluding hydrogens is 695 g/mol. The number of aromatic nitrogens is 5. The van der Waals surface area contributed by atoms with Crippen molar-refractivity contribution in [1.29, 1.82) is 0 Å².